The van der Waals surface area contributed by atoms with Gasteiger partial charge in [0.05, 0.1) is 18.7 Å². The summed E-state index contributed by atoms with van der Waals surface area (Å²) in [6.07, 6.45) is 0. The lowest BCUT2D eigenvalue weighted by atomic mass is 9.95. The molecule has 0 radical (unpaired) electrons. The third-order valence-corrected chi connectivity index (χ3v) is 2.72. The molecule has 2 atom stereocenters. The lowest BCUT2D eigenvalue weighted by Crippen LogP contribution is -2.45. The van der Waals surface area contributed by atoms with Gasteiger partial charge < -0.3 is 10.1 Å². The summed E-state index contributed by atoms with van der Waals surface area (Å²) in [4.78, 5) is 11.9. The minimum absolute atomic E-state index is 0.0277. The first kappa shape index (κ1) is 15.9. The summed E-state index contributed by atoms with van der Waals surface area (Å²) >= 11 is 0. The fraction of sp³-hybridized carbons (Fsp3) is 0.846. The Bertz CT molecular complexity index is 269. The highest BCUT2D eigenvalue weighted by Crippen LogP contribution is 2.11. The summed E-state index contributed by atoms with van der Waals surface area (Å²) in [6.45, 7) is 10.9. The summed E-state index contributed by atoms with van der Waals surface area (Å²) in [5.41, 5.74) is 0. The highest BCUT2D eigenvalue weighted by atomic mass is 16.5. The number of hydrogen-bond acceptors (Lipinski definition) is 3. The van der Waals surface area contributed by atoms with Gasteiger partial charge in [-0.25, -0.2) is 0 Å². The SMILES string of the molecule is CCOCC(NC(=O)C(C#N)C(C)C)C(C)C. The number of nitriles is 1. The predicted octanol–water partition coefficient (Wildman–Crippen LogP) is 1.96. The molecule has 0 saturated heterocycles. The zero-order chi connectivity index (χ0) is 13.4. The van der Waals surface area contributed by atoms with Crippen LogP contribution < -0.4 is 5.32 Å². The molecule has 1 N–H and O–H groups in total. The smallest absolute Gasteiger partial charge is 0.237 e. The van der Waals surface area contributed by atoms with Crippen molar-refractivity contribution >= 4 is 5.91 Å². The van der Waals surface area contributed by atoms with Gasteiger partial charge in [-0.15, -0.1) is 0 Å². The predicted molar refractivity (Wildman–Crippen MR) is 67.2 cm³/mol. The monoisotopic (exact) mass is 240 g/mol. The van der Waals surface area contributed by atoms with Gasteiger partial charge in [-0.1, -0.05) is 27.7 Å². The summed E-state index contributed by atoms with van der Waals surface area (Å²) in [6, 6.07) is 2.02. The molecule has 17 heavy (non-hydrogen) atoms. The van der Waals surface area contributed by atoms with Gasteiger partial charge in [-0.05, 0) is 18.8 Å². The van der Waals surface area contributed by atoms with E-state index in [1.54, 1.807) is 0 Å². The van der Waals surface area contributed by atoms with E-state index >= 15 is 0 Å². The third-order valence-electron chi connectivity index (χ3n) is 2.72. The third kappa shape index (κ3) is 5.69. The standard InChI is InChI=1S/C13H24N2O2/c1-6-17-8-12(10(4)5)15-13(16)11(7-14)9(2)3/h9-12H,6,8H2,1-5H3,(H,15,16). The quantitative estimate of drug-likeness (QED) is 0.740. The Morgan fingerprint density at radius 2 is 1.88 bits per heavy atom. The van der Waals surface area contributed by atoms with Crippen molar-refractivity contribution in [3.05, 3.63) is 0 Å². The molecule has 0 aromatic carbocycles. The van der Waals surface area contributed by atoms with E-state index in [4.69, 9.17) is 10.00 Å². The molecule has 4 nitrogen and oxygen atoms in total. The number of hydrogen-bond donors (Lipinski definition) is 1. The van der Waals surface area contributed by atoms with Crippen molar-refractivity contribution in [3.8, 4) is 6.07 Å². The lowest BCUT2D eigenvalue weighted by Gasteiger charge is -2.24. The molecule has 4 heteroatoms. The Kier molecular flexibility index (Phi) is 7.56. The number of carbonyl (C=O) groups excluding carboxylic acids is 1. The van der Waals surface area contributed by atoms with Crippen molar-refractivity contribution in [3.63, 3.8) is 0 Å². The van der Waals surface area contributed by atoms with E-state index in [1.165, 1.54) is 0 Å². The van der Waals surface area contributed by atoms with Crippen molar-refractivity contribution < 1.29 is 9.53 Å². The minimum atomic E-state index is -0.585. The molecule has 0 aliphatic rings. The van der Waals surface area contributed by atoms with Crippen molar-refractivity contribution in [1.82, 2.24) is 5.32 Å². The van der Waals surface area contributed by atoms with Crippen LogP contribution in [0.5, 0.6) is 0 Å². The van der Waals surface area contributed by atoms with Gasteiger partial charge in [0, 0.05) is 6.61 Å². The minimum Gasteiger partial charge on any atom is -0.380 e. The van der Waals surface area contributed by atoms with E-state index in [2.05, 4.69) is 5.32 Å². The van der Waals surface area contributed by atoms with E-state index in [1.807, 2.05) is 40.7 Å². The van der Waals surface area contributed by atoms with Crippen LogP contribution in [0.25, 0.3) is 0 Å². The number of ether oxygens (including phenoxy) is 1. The van der Waals surface area contributed by atoms with Crippen molar-refractivity contribution in [2.24, 2.45) is 17.8 Å². The first-order valence-electron chi connectivity index (χ1n) is 6.21. The van der Waals surface area contributed by atoms with Crippen LogP contribution in [0.4, 0.5) is 0 Å². The van der Waals surface area contributed by atoms with E-state index in [0.717, 1.165) is 0 Å². The highest BCUT2D eigenvalue weighted by molar-refractivity contribution is 5.81. The topological polar surface area (TPSA) is 62.1 Å². The zero-order valence-corrected chi connectivity index (χ0v) is 11.5. The molecule has 1 amide bonds. The van der Waals surface area contributed by atoms with E-state index in [-0.39, 0.29) is 23.8 Å². The molecule has 2 unspecified atom stereocenters. The van der Waals surface area contributed by atoms with Crippen LogP contribution in [0, 0.1) is 29.1 Å². The maximum absolute atomic E-state index is 11.9. The van der Waals surface area contributed by atoms with Crippen LogP contribution in [0.2, 0.25) is 0 Å². The maximum atomic E-state index is 11.9. The Morgan fingerprint density at radius 1 is 1.29 bits per heavy atom. The van der Waals surface area contributed by atoms with Gasteiger partial charge in [0.1, 0.15) is 5.92 Å². The first-order valence-corrected chi connectivity index (χ1v) is 6.21. The van der Waals surface area contributed by atoms with Gasteiger partial charge in [-0.3, -0.25) is 4.79 Å². The van der Waals surface area contributed by atoms with Gasteiger partial charge in [-0.2, -0.15) is 5.26 Å². The summed E-state index contributed by atoms with van der Waals surface area (Å²) < 4.78 is 5.33. The number of nitrogens with one attached hydrogen (secondary N) is 1. The van der Waals surface area contributed by atoms with Crippen LogP contribution in [0.15, 0.2) is 0 Å². The fourth-order valence-electron chi connectivity index (χ4n) is 1.43. The van der Waals surface area contributed by atoms with E-state index in [0.29, 0.717) is 13.2 Å². The number of carbonyl (C=O) groups is 1. The van der Waals surface area contributed by atoms with Crippen LogP contribution in [0.3, 0.4) is 0 Å². The van der Waals surface area contributed by atoms with Gasteiger partial charge in [0.2, 0.25) is 5.91 Å². The van der Waals surface area contributed by atoms with Crippen LogP contribution in [-0.2, 0) is 9.53 Å². The summed E-state index contributed by atoms with van der Waals surface area (Å²) in [7, 11) is 0. The normalized spacial score (nSPS) is 14.5. The average Bonchev–Trinajstić information content (AvgIpc) is 2.24. The lowest BCUT2D eigenvalue weighted by molar-refractivity contribution is -0.126. The Balaban J connectivity index is 4.44. The van der Waals surface area contributed by atoms with Crippen LogP contribution >= 0.6 is 0 Å². The molecule has 0 rings (SSSR count). The van der Waals surface area contributed by atoms with Gasteiger partial charge in [0.25, 0.3) is 0 Å². The second-order valence-electron chi connectivity index (χ2n) is 4.87. The summed E-state index contributed by atoms with van der Waals surface area (Å²) in [5.74, 6) is -0.462. The molecule has 0 aromatic heterocycles. The number of rotatable bonds is 7. The van der Waals surface area contributed by atoms with Crippen molar-refractivity contribution in [2.45, 2.75) is 40.7 Å². The molecule has 0 aliphatic heterocycles. The molecule has 0 bridgehead atoms. The molecular weight excluding hydrogens is 216 g/mol. The van der Waals surface area contributed by atoms with Crippen LogP contribution in [0.1, 0.15) is 34.6 Å². The second kappa shape index (κ2) is 8.08. The van der Waals surface area contributed by atoms with Crippen molar-refractivity contribution in [1.29, 1.82) is 5.26 Å². The Morgan fingerprint density at radius 3 is 2.24 bits per heavy atom. The van der Waals surface area contributed by atoms with Crippen LogP contribution in [-0.4, -0.2) is 25.2 Å². The molecule has 0 aliphatic carbocycles. The molecular formula is C13H24N2O2. The maximum Gasteiger partial charge on any atom is 0.237 e. The fourth-order valence-corrected chi connectivity index (χ4v) is 1.43. The van der Waals surface area contributed by atoms with E-state index < -0.39 is 5.92 Å². The molecule has 0 aromatic rings. The van der Waals surface area contributed by atoms with Crippen molar-refractivity contribution in [2.75, 3.05) is 13.2 Å². The number of nitrogens with zero attached hydrogens (tertiary/aromatic N) is 1. The van der Waals surface area contributed by atoms with Gasteiger partial charge >= 0.3 is 0 Å². The average molecular weight is 240 g/mol. The Labute approximate surface area is 104 Å². The number of amides is 1. The van der Waals surface area contributed by atoms with E-state index in [9.17, 15) is 4.79 Å². The molecule has 0 fully saturated rings. The molecule has 98 valence electrons. The molecule has 0 saturated carbocycles. The largest absolute Gasteiger partial charge is 0.380 e. The summed E-state index contributed by atoms with van der Waals surface area (Å²) in [5, 5.41) is 11.8. The van der Waals surface area contributed by atoms with Gasteiger partial charge in [0.15, 0.2) is 0 Å². The Hall–Kier alpha value is -1.08. The first-order chi connectivity index (χ1) is 7.93. The highest BCUT2D eigenvalue weighted by Gasteiger charge is 2.25. The molecule has 0 heterocycles. The zero-order valence-electron chi connectivity index (χ0n) is 11.5. The molecule has 0 spiro atoms. The second-order valence-corrected chi connectivity index (χ2v) is 4.87.